The average Bonchev–Trinajstić information content (AvgIpc) is 2.77. The molecule has 1 aliphatic heterocycles. The second-order valence-electron chi connectivity index (χ2n) is 7.23. The summed E-state index contributed by atoms with van der Waals surface area (Å²) < 4.78 is 54.4. The molecule has 0 unspecified atom stereocenters. The summed E-state index contributed by atoms with van der Waals surface area (Å²) in [6, 6.07) is 5.63. The number of hydrogen-bond acceptors (Lipinski definition) is 9. The Bertz CT molecular complexity index is 930. The molecule has 4 N–H and O–H groups in total. The van der Waals surface area contributed by atoms with Crippen LogP contribution in [0.3, 0.4) is 0 Å². The number of carboxylic acid groups (broad SMARTS) is 1. The van der Waals surface area contributed by atoms with Gasteiger partial charge in [-0.2, -0.15) is 13.2 Å². The van der Waals surface area contributed by atoms with Gasteiger partial charge in [0.05, 0.1) is 38.3 Å². The van der Waals surface area contributed by atoms with Crippen molar-refractivity contribution in [1.29, 1.82) is 0 Å². The number of ether oxygens (including phenoxy) is 3. The van der Waals surface area contributed by atoms with Crippen LogP contribution in [0.5, 0.6) is 5.75 Å². The number of aliphatic carboxylic acids is 1. The third kappa shape index (κ3) is 6.99. The molecule has 1 aliphatic rings. The molecule has 1 saturated heterocycles. The number of carboxylic acids is 1. The molecule has 0 spiro atoms. The van der Waals surface area contributed by atoms with Crippen LogP contribution in [-0.2, 0) is 27.1 Å². The van der Waals surface area contributed by atoms with E-state index in [1.165, 1.54) is 0 Å². The van der Waals surface area contributed by atoms with Crippen LogP contribution in [0.25, 0.3) is 0 Å². The van der Waals surface area contributed by atoms with E-state index < -0.39 is 48.8 Å². The number of anilines is 1. The van der Waals surface area contributed by atoms with Crippen molar-refractivity contribution in [1.82, 2.24) is 9.97 Å². The molecule has 10 nitrogen and oxygen atoms in total. The topological polar surface area (TPSA) is 143 Å². The summed E-state index contributed by atoms with van der Waals surface area (Å²) in [5.41, 5.74) is -0.432. The van der Waals surface area contributed by atoms with Crippen molar-refractivity contribution in [3.05, 3.63) is 47.9 Å². The van der Waals surface area contributed by atoms with Crippen LogP contribution in [0.4, 0.5) is 19.0 Å². The molecule has 180 valence electrons. The minimum atomic E-state index is -4.67. The smallest absolute Gasteiger partial charge is 0.434 e. The second kappa shape index (κ2) is 10.7. The monoisotopic (exact) mass is 473 g/mol. The number of alkyl halides is 3. The van der Waals surface area contributed by atoms with Crippen LogP contribution in [0.1, 0.15) is 11.3 Å². The van der Waals surface area contributed by atoms with Gasteiger partial charge in [0.2, 0.25) is 0 Å². The maximum Gasteiger partial charge on any atom is 0.434 e. The number of hydrogen-bond donors (Lipinski definition) is 4. The molecule has 13 heteroatoms. The van der Waals surface area contributed by atoms with Gasteiger partial charge in [-0.3, -0.25) is 4.98 Å². The van der Waals surface area contributed by atoms with Gasteiger partial charge in [0.15, 0.2) is 12.3 Å². The van der Waals surface area contributed by atoms with E-state index in [4.69, 9.17) is 19.3 Å². The van der Waals surface area contributed by atoms with Crippen molar-refractivity contribution in [3.8, 4) is 5.75 Å². The van der Waals surface area contributed by atoms with Crippen LogP contribution < -0.4 is 10.1 Å². The Balaban J connectivity index is 1.47. The van der Waals surface area contributed by atoms with Gasteiger partial charge >= 0.3 is 12.1 Å². The summed E-state index contributed by atoms with van der Waals surface area (Å²) in [4.78, 5) is 17.4. The van der Waals surface area contributed by atoms with E-state index in [0.29, 0.717) is 11.9 Å². The Morgan fingerprint density at radius 2 is 1.91 bits per heavy atom. The number of halogens is 3. The molecule has 33 heavy (non-hydrogen) atoms. The lowest BCUT2D eigenvalue weighted by Crippen LogP contribution is -2.57. The van der Waals surface area contributed by atoms with Crippen molar-refractivity contribution < 1.29 is 47.5 Å². The summed E-state index contributed by atoms with van der Waals surface area (Å²) in [7, 11) is 0. The van der Waals surface area contributed by atoms with Crippen molar-refractivity contribution in [2.45, 2.75) is 37.1 Å². The van der Waals surface area contributed by atoms with Gasteiger partial charge in [0.25, 0.3) is 0 Å². The molecule has 0 amide bonds. The summed E-state index contributed by atoms with van der Waals surface area (Å²) in [6.45, 7) is -0.458. The van der Waals surface area contributed by atoms with Crippen LogP contribution in [0.15, 0.2) is 36.7 Å². The van der Waals surface area contributed by atoms with Gasteiger partial charge in [-0.15, -0.1) is 0 Å². The van der Waals surface area contributed by atoms with E-state index in [-0.39, 0.29) is 25.6 Å². The van der Waals surface area contributed by atoms with E-state index >= 15 is 0 Å². The van der Waals surface area contributed by atoms with E-state index in [9.17, 15) is 28.2 Å². The SMILES string of the molecule is O=C(O)COc1ccc(COC[C@H]2OC[C@H](Nc3cncc(C(F)(F)F)n3)[C@@H](O)[C@H]2O)cc1. The van der Waals surface area contributed by atoms with Gasteiger partial charge in [-0.25, -0.2) is 9.78 Å². The van der Waals surface area contributed by atoms with Gasteiger partial charge < -0.3 is 34.8 Å². The zero-order chi connectivity index (χ0) is 24.0. The average molecular weight is 473 g/mol. The molecule has 1 fully saturated rings. The predicted octanol–water partition coefficient (Wildman–Crippen LogP) is 1.08. The number of carbonyl (C=O) groups is 1. The fraction of sp³-hybridized carbons (Fsp3) is 0.450. The highest BCUT2D eigenvalue weighted by Crippen LogP contribution is 2.28. The number of aliphatic hydroxyl groups excluding tert-OH is 2. The van der Waals surface area contributed by atoms with Crippen molar-refractivity contribution in [2.24, 2.45) is 0 Å². The Morgan fingerprint density at radius 1 is 1.18 bits per heavy atom. The van der Waals surface area contributed by atoms with E-state index in [2.05, 4.69) is 15.3 Å². The summed E-state index contributed by atoms with van der Waals surface area (Å²) in [5.74, 6) is -0.912. The largest absolute Gasteiger partial charge is 0.482 e. The molecule has 3 rings (SSSR count). The molecular weight excluding hydrogens is 451 g/mol. The van der Waals surface area contributed by atoms with Gasteiger partial charge in [0, 0.05) is 0 Å². The highest BCUT2D eigenvalue weighted by atomic mass is 19.4. The van der Waals surface area contributed by atoms with E-state index in [0.717, 1.165) is 11.8 Å². The fourth-order valence-electron chi connectivity index (χ4n) is 3.04. The van der Waals surface area contributed by atoms with Crippen LogP contribution in [-0.4, -0.2) is 75.4 Å². The first kappa shape index (κ1) is 24.6. The zero-order valence-corrected chi connectivity index (χ0v) is 17.1. The molecule has 1 aromatic carbocycles. The van der Waals surface area contributed by atoms with E-state index in [1.807, 2.05) is 0 Å². The lowest BCUT2D eigenvalue weighted by Gasteiger charge is -2.38. The van der Waals surface area contributed by atoms with Crippen LogP contribution in [0.2, 0.25) is 0 Å². The molecule has 0 aliphatic carbocycles. The number of benzene rings is 1. The first-order valence-corrected chi connectivity index (χ1v) is 9.78. The van der Waals surface area contributed by atoms with Gasteiger partial charge in [-0.05, 0) is 17.7 Å². The standard InChI is InChI=1S/C20H22F3N3O7/c21-20(22,23)15-5-24-6-16(26-15)25-13-8-33-14(19(30)18(13)29)9-31-7-11-1-3-12(4-2-11)32-10-17(27)28/h1-6,13-14,18-19,29-30H,7-10H2,(H,25,26)(H,27,28)/t13-,14+,18+,19-/m0/s1. The minimum Gasteiger partial charge on any atom is -0.482 e. The van der Waals surface area contributed by atoms with Crippen molar-refractivity contribution >= 4 is 11.8 Å². The molecule has 0 radical (unpaired) electrons. The van der Waals surface area contributed by atoms with Gasteiger partial charge in [0.1, 0.15) is 29.9 Å². The maximum atomic E-state index is 12.8. The number of nitrogens with zero attached hydrogens (tertiary/aromatic N) is 2. The van der Waals surface area contributed by atoms with Crippen molar-refractivity contribution in [3.63, 3.8) is 0 Å². The summed E-state index contributed by atoms with van der Waals surface area (Å²) in [6.07, 6.45) is -6.58. The lowest BCUT2D eigenvalue weighted by molar-refractivity contribution is -0.161. The molecular formula is C20H22F3N3O7. The Morgan fingerprint density at radius 3 is 2.58 bits per heavy atom. The fourth-order valence-corrected chi connectivity index (χ4v) is 3.04. The van der Waals surface area contributed by atoms with Gasteiger partial charge in [-0.1, -0.05) is 12.1 Å². The molecule has 0 bridgehead atoms. The number of aliphatic hydroxyl groups is 2. The van der Waals surface area contributed by atoms with Crippen LogP contribution >= 0.6 is 0 Å². The Labute approximate surface area is 186 Å². The van der Waals surface area contributed by atoms with Crippen molar-refractivity contribution in [2.75, 3.05) is 25.1 Å². The number of aromatic nitrogens is 2. The highest BCUT2D eigenvalue weighted by Gasteiger charge is 2.39. The third-order valence-electron chi connectivity index (χ3n) is 4.73. The highest BCUT2D eigenvalue weighted by molar-refractivity contribution is 5.68. The lowest BCUT2D eigenvalue weighted by atomic mass is 9.98. The Kier molecular flexibility index (Phi) is 8.02. The maximum absolute atomic E-state index is 12.8. The molecule has 1 aromatic heterocycles. The second-order valence-corrected chi connectivity index (χ2v) is 7.23. The first-order valence-electron chi connectivity index (χ1n) is 9.78. The minimum absolute atomic E-state index is 0.0500. The third-order valence-corrected chi connectivity index (χ3v) is 4.73. The first-order chi connectivity index (χ1) is 15.6. The molecule has 2 heterocycles. The number of nitrogens with one attached hydrogen (secondary N) is 1. The van der Waals surface area contributed by atoms with Crippen LogP contribution in [0, 0.1) is 0 Å². The zero-order valence-electron chi connectivity index (χ0n) is 17.1. The predicted molar refractivity (Wildman–Crippen MR) is 105 cm³/mol. The molecule has 0 saturated carbocycles. The summed E-state index contributed by atoms with van der Waals surface area (Å²) >= 11 is 0. The quantitative estimate of drug-likeness (QED) is 0.418. The number of rotatable bonds is 9. The molecule has 2 aromatic rings. The summed E-state index contributed by atoms with van der Waals surface area (Å²) in [5, 5.41) is 31.9. The van der Waals surface area contributed by atoms with E-state index in [1.54, 1.807) is 24.3 Å². The Hall–Kier alpha value is -3.00. The molecule has 4 atom stereocenters. The normalized spacial score (nSPS) is 23.2.